The molecule has 1 aliphatic carbocycles. The summed E-state index contributed by atoms with van der Waals surface area (Å²) in [5, 5.41) is 0. The molecule has 0 atom stereocenters. The standard InChI is InChI=1S/C16H25NO/c1-13-9-15(10-17)7-8-16(13)12-18-11-14-5-3-2-4-6-14/h7-9,14H,2-6,10-12,17H2,1H3. The van der Waals surface area contributed by atoms with Gasteiger partial charge in [0.2, 0.25) is 0 Å². The Bertz CT molecular complexity index is 369. The predicted molar refractivity (Wildman–Crippen MR) is 75.3 cm³/mol. The monoisotopic (exact) mass is 247 g/mol. The summed E-state index contributed by atoms with van der Waals surface area (Å²) in [6, 6.07) is 6.42. The molecule has 18 heavy (non-hydrogen) atoms. The van der Waals surface area contributed by atoms with Crippen LogP contribution >= 0.6 is 0 Å². The van der Waals surface area contributed by atoms with E-state index in [0.717, 1.165) is 19.1 Å². The molecule has 0 unspecified atom stereocenters. The van der Waals surface area contributed by atoms with Gasteiger partial charge in [0.1, 0.15) is 0 Å². The van der Waals surface area contributed by atoms with Crippen molar-refractivity contribution in [2.75, 3.05) is 6.61 Å². The Morgan fingerprint density at radius 1 is 1.22 bits per heavy atom. The highest BCUT2D eigenvalue weighted by atomic mass is 16.5. The van der Waals surface area contributed by atoms with Crippen LogP contribution in [-0.2, 0) is 17.9 Å². The second-order valence-electron chi connectivity index (χ2n) is 5.48. The number of ether oxygens (including phenoxy) is 1. The first-order valence-corrected chi connectivity index (χ1v) is 7.16. The van der Waals surface area contributed by atoms with Crippen LogP contribution in [-0.4, -0.2) is 6.61 Å². The normalized spacial score (nSPS) is 17.0. The van der Waals surface area contributed by atoms with E-state index in [1.165, 1.54) is 48.8 Å². The van der Waals surface area contributed by atoms with E-state index in [4.69, 9.17) is 10.5 Å². The molecular formula is C16H25NO. The van der Waals surface area contributed by atoms with Gasteiger partial charge >= 0.3 is 0 Å². The van der Waals surface area contributed by atoms with Gasteiger partial charge in [-0.05, 0) is 42.4 Å². The lowest BCUT2D eigenvalue weighted by molar-refractivity contribution is 0.0736. The van der Waals surface area contributed by atoms with Gasteiger partial charge < -0.3 is 10.5 Å². The average molecular weight is 247 g/mol. The van der Waals surface area contributed by atoms with Crippen molar-refractivity contribution in [3.63, 3.8) is 0 Å². The fourth-order valence-electron chi connectivity index (χ4n) is 2.74. The van der Waals surface area contributed by atoms with E-state index in [9.17, 15) is 0 Å². The number of hydrogen-bond acceptors (Lipinski definition) is 2. The lowest BCUT2D eigenvalue weighted by atomic mass is 9.90. The molecule has 0 amide bonds. The minimum Gasteiger partial charge on any atom is -0.376 e. The number of nitrogens with two attached hydrogens (primary N) is 1. The Labute approximate surface area is 111 Å². The van der Waals surface area contributed by atoms with Gasteiger partial charge in [-0.3, -0.25) is 0 Å². The molecule has 2 N–H and O–H groups in total. The van der Waals surface area contributed by atoms with Gasteiger partial charge in [0, 0.05) is 13.2 Å². The quantitative estimate of drug-likeness (QED) is 0.863. The molecular weight excluding hydrogens is 222 g/mol. The number of aryl methyl sites for hydroxylation is 1. The van der Waals surface area contributed by atoms with Crippen molar-refractivity contribution in [2.45, 2.75) is 52.2 Å². The van der Waals surface area contributed by atoms with E-state index in [2.05, 4.69) is 25.1 Å². The van der Waals surface area contributed by atoms with Gasteiger partial charge in [-0.25, -0.2) is 0 Å². The molecule has 100 valence electrons. The zero-order valence-electron chi connectivity index (χ0n) is 11.5. The zero-order valence-corrected chi connectivity index (χ0v) is 11.5. The maximum atomic E-state index is 5.88. The van der Waals surface area contributed by atoms with E-state index in [1.54, 1.807) is 0 Å². The summed E-state index contributed by atoms with van der Waals surface area (Å²) in [6.45, 7) is 4.42. The first-order chi connectivity index (χ1) is 8.79. The molecule has 2 rings (SSSR count). The molecule has 0 spiro atoms. The third-order valence-corrected chi connectivity index (χ3v) is 3.98. The van der Waals surface area contributed by atoms with E-state index in [-0.39, 0.29) is 0 Å². The molecule has 0 heterocycles. The van der Waals surface area contributed by atoms with Crippen LogP contribution in [0.5, 0.6) is 0 Å². The molecule has 0 radical (unpaired) electrons. The maximum Gasteiger partial charge on any atom is 0.0719 e. The summed E-state index contributed by atoms with van der Waals surface area (Å²) in [5.74, 6) is 0.794. The highest BCUT2D eigenvalue weighted by Crippen LogP contribution is 2.24. The highest BCUT2D eigenvalue weighted by Gasteiger charge is 2.13. The predicted octanol–water partition coefficient (Wildman–Crippen LogP) is 3.55. The lowest BCUT2D eigenvalue weighted by Gasteiger charge is -2.21. The fourth-order valence-corrected chi connectivity index (χ4v) is 2.74. The number of hydrogen-bond donors (Lipinski definition) is 1. The minimum absolute atomic E-state index is 0.615. The van der Waals surface area contributed by atoms with Crippen LogP contribution in [0.25, 0.3) is 0 Å². The summed E-state index contributed by atoms with van der Waals surface area (Å²) in [7, 11) is 0. The van der Waals surface area contributed by atoms with Gasteiger partial charge in [-0.1, -0.05) is 37.5 Å². The Balaban J connectivity index is 1.79. The Hall–Kier alpha value is -0.860. The molecule has 0 aliphatic heterocycles. The van der Waals surface area contributed by atoms with Crippen LogP contribution in [0, 0.1) is 12.8 Å². The Kier molecular flexibility index (Phi) is 5.21. The minimum atomic E-state index is 0.615. The molecule has 1 fully saturated rings. The van der Waals surface area contributed by atoms with Gasteiger partial charge in [0.15, 0.2) is 0 Å². The molecule has 2 nitrogen and oxygen atoms in total. The highest BCUT2D eigenvalue weighted by molar-refractivity contribution is 5.30. The van der Waals surface area contributed by atoms with Crippen molar-refractivity contribution in [3.05, 3.63) is 34.9 Å². The third-order valence-electron chi connectivity index (χ3n) is 3.98. The fraction of sp³-hybridized carbons (Fsp3) is 0.625. The van der Waals surface area contributed by atoms with Crippen molar-refractivity contribution in [1.82, 2.24) is 0 Å². The van der Waals surface area contributed by atoms with Gasteiger partial charge in [-0.15, -0.1) is 0 Å². The largest absolute Gasteiger partial charge is 0.376 e. The molecule has 0 bridgehead atoms. The first kappa shape index (κ1) is 13.6. The number of rotatable bonds is 5. The van der Waals surface area contributed by atoms with E-state index in [0.29, 0.717) is 6.54 Å². The summed E-state index contributed by atoms with van der Waals surface area (Å²) in [6.07, 6.45) is 6.89. The summed E-state index contributed by atoms with van der Waals surface area (Å²) < 4.78 is 5.88. The Morgan fingerprint density at radius 3 is 2.67 bits per heavy atom. The summed E-state index contributed by atoms with van der Waals surface area (Å²) in [4.78, 5) is 0. The van der Waals surface area contributed by atoms with Crippen LogP contribution < -0.4 is 5.73 Å². The molecule has 0 aromatic heterocycles. The summed E-state index contributed by atoms with van der Waals surface area (Å²) >= 11 is 0. The topological polar surface area (TPSA) is 35.2 Å². The van der Waals surface area contributed by atoms with Crippen LogP contribution in [0.15, 0.2) is 18.2 Å². The van der Waals surface area contributed by atoms with E-state index >= 15 is 0 Å². The van der Waals surface area contributed by atoms with Crippen LogP contribution in [0.4, 0.5) is 0 Å². The van der Waals surface area contributed by atoms with Gasteiger partial charge in [0.25, 0.3) is 0 Å². The van der Waals surface area contributed by atoms with Crippen molar-refractivity contribution in [1.29, 1.82) is 0 Å². The average Bonchev–Trinajstić information content (AvgIpc) is 2.42. The summed E-state index contributed by atoms with van der Waals surface area (Å²) in [5.41, 5.74) is 9.42. The Morgan fingerprint density at radius 2 is 2.00 bits per heavy atom. The van der Waals surface area contributed by atoms with Crippen LogP contribution in [0.2, 0.25) is 0 Å². The molecule has 1 saturated carbocycles. The SMILES string of the molecule is Cc1cc(CN)ccc1COCC1CCCCC1. The smallest absolute Gasteiger partial charge is 0.0719 e. The third kappa shape index (κ3) is 3.82. The maximum absolute atomic E-state index is 5.88. The molecule has 1 aliphatic rings. The van der Waals surface area contributed by atoms with Crippen molar-refractivity contribution >= 4 is 0 Å². The van der Waals surface area contributed by atoms with Gasteiger partial charge in [-0.2, -0.15) is 0 Å². The first-order valence-electron chi connectivity index (χ1n) is 7.16. The van der Waals surface area contributed by atoms with E-state index in [1.807, 2.05) is 0 Å². The van der Waals surface area contributed by atoms with Crippen LogP contribution in [0.3, 0.4) is 0 Å². The van der Waals surface area contributed by atoms with Crippen LogP contribution in [0.1, 0.15) is 48.8 Å². The molecule has 1 aromatic carbocycles. The van der Waals surface area contributed by atoms with Gasteiger partial charge in [0.05, 0.1) is 6.61 Å². The van der Waals surface area contributed by atoms with Crippen molar-refractivity contribution < 1.29 is 4.74 Å². The molecule has 0 saturated heterocycles. The second-order valence-corrected chi connectivity index (χ2v) is 5.48. The number of benzene rings is 1. The van der Waals surface area contributed by atoms with Crippen molar-refractivity contribution in [2.24, 2.45) is 11.7 Å². The van der Waals surface area contributed by atoms with Crippen molar-refractivity contribution in [3.8, 4) is 0 Å². The molecule has 1 aromatic rings. The van der Waals surface area contributed by atoms with E-state index < -0.39 is 0 Å². The second kappa shape index (κ2) is 6.91. The zero-order chi connectivity index (χ0) is 12.8. The molecule has 2 heteroatoms. The lowest BCUT2D eigenvalue weighted by Crippen LogP contribution is -2.13.